The van der Waals surface area contributed by atoms with Gasteiger partial charge in [0, 0.05) is 34.5 Å². The molecule has 4 heteroatoms. The molecule has 0 spiro atoms. The molecule has 0 bridgehead atoms. The molecule has 0 saturated heterocycles. The molecule has 0 aliphatic carbocycles. The number of hydrogen-bond acceptors (Lipinski definition) is 2. The first-order valence-corrected chi connectivity index (χ1v) is 15.3. The SMILES string of the molecule is c1ccc2c(c1)c1ncccc1n2-c1ccc(Cc2ccc(-c3ccc(-n4c5ccccc5c5ncccc54)cc3)cc2)cc1. The molecule has 212 valence electrons. The Balaban J connectivity index is 0.966. The largest absolute Gasteiger partial charge is 0.308 e. The Kier molecular flexibility index (Phi) is 5.85. The molecule has 0 fully saturated rings. The van der Waals surface area contributed by atoms with Gasteiger partial charge in [-0.25, -0.2) is 0 Å². The summed E-state index contributed by atoms with van der Waals surface area (Å²) < 4.78 is 4.60. The van der Waals surface area contributed by atoms with Crippen LogP contribution in [0.15, 0.2) is 158 Å². The van der Waals surface area contributed by atoms with Gasteiger partial charge in [-0.1, -0.05) is 84.9 Å². The second-order valence-corrected chi connectivity index (χ2v) is 11.5. The monoisotopic (exact) mass is 576 g/mol. The van der Waals surface area contributed by atoms with Gasteiger partial charge in [0.2, 0.25) is 0 Å². The van der Waals surface area contributed by atoms with Crippen molar-refractivity contribution in [1.29, 1.82) is 0 Å². The molecule has 0 N–H and O–H groups in total. The Morgan fingerprint density at radius 3 is 1.29 bits per heavy atom. The van der Waals surface area contributed by atoms with E-state index in [1.165, 1.54) is 44.1 Å². The average molecular weight is 577 g/mol. The van der Waals surface area contributed by atoms with E-state index in [4.69, 9.17) is 0 Å². The van der Waals surface area contributed by atoms with Crippen molar-refractivity contribution < 1.29 is 0 Å². The van der Waals surface area contributed by atoms with Crippen LogP contribution < -0.4 is 0 Å². The minimum absolute atomic E-state index is 0.885. The number of hydrogen-bond donors (Lipinski definition) is 0. The van der Waals surface area contributed by atoms with E-state index >= 15 is 0 Å². The maximum Gasteiger partial charge on any atom is 0.0963 e. The van der Waals surface area contributed by atoms with Crippen molar-refractivity contribution in [3.63, 3.8) is 0 Å². The molecule has 0 amide bonds. The minimum Gasteiger partial charge on any atom is -0.308 e. The van der Waals surface area contributed by atoms with Crippen LogP contribution in [0.5, 0.6) is 0 Å². The maximum atomic E-state index is 4.67. The Morgan fingerprint density at radius 2 is 0.778 bits per heavy atom. The van der Waals surface area contributed by atoms with Gasteiger partial charge in [0.25, 0.3) is 0 Å². The standard InChI is InChI=1S/C41H28N4/c1-3-9-36-34(7-1)40-38(11-5-25-42-40)44(36)32-21-15-29(16-22-32)27-28-13-17-30(18-14-28)31-19-23-33(24-20-31)45-37-10-4-2-8-35(37)41-39(45)12-6-26-43-41/h1-26H,27H2. The van der Waals surface area contributed by atoms with E-state index in [9.17, 15) is 0 Å². The van der Waals surface area contributed by atoms with Gasteiger partial charge in [0.05, 0.1) is 33.1 Å². The molecule has 45 heavy (non-hydrogen) atoms. The molecular formula is C41H28N4. The van der Waals surface area contributed by atoms with Crippen molar-refractivity contribution in [1.82, 2.24) is 19.1 Å². The number of fused-ring (bicyclic) bond motifs is 6. The molecule has 9 rings (SSSR count). The number of aromatic nitrogens is 4. The van der Waals surface area contributed by atoms with Gasteiger partial charge < -0.3 is 9.13 Å². The average Bonchev–Trinajstić information content (AvgIpc) is 3.62. The fraction of sp³-hybridized carbons (Fsp3) is 0.0244. The number of para-hydroxylation sites is 2. The van der Waals surface area contributed by atoms with Gasteiger partial charge in [0.15, 0.2) is 0 Å². The molecule has 0 unspecified atom stereocenters. The van der Waals surface area contributed by atoms with Crippen molar-refractivity contribution in [2.75, 3.05) is 0 Å². The summed E-state index contributed by atoms with van der Waals surface area (Å²) in [6.07, 6.45) is 4.62. The zero-order valence-electron chi connectivity index (χ0n) is 24.5. The second-order valence-electron chi connectivity index (χ2n) is 11.5. The normalized spacial score (nSPS) is 11.6. The van der Waals surface area contributed by atoms with Crippen LogP contribution >= 0.6 is 0 Å². The second kappa shape index (κ2) is 10.3. The van der Waals surface area contributed by atoms with Gasteiger partial charge in [0.1, 0.15) is 0 Å². The van der Waals surface area contributed by atoms with Crippen LogP contribution in [0.2, 0.25) is 0 Å². The molecule has 0 aliphatic heterocycles. The molecule has 9 aromatic rings. The number of nitrogens with zero attached hydrogens (tertiary/aromatic N) is 4. The zero-order chi connectivity index (χ0) is 29.7. The van der Waals surface area contributed by atoms with Gasteiger partial charge in [-0.05, 0) is 89.3 Å². The lowest BCUT2D eigenvalue weighted by Crippen LogP contribution is -1.95. The molecule has 4 aromatic heterocycles. The first-order chi connectivity index (χ1) is 22.3. The van der Waals surface area contributed by atoms with Crippen LogP contribution in [0.25, 0.3) is 66.4 Å². The summed E-state index contributed by atoms with van der Waals surface area (Å²) in [5.41, 5.74) is 13.9. The van der Waals surface area contributed by atoms with Gasteiger partial charge in [-0.3, -0.25) is 9.97 Å². The van der Waals surface area contributed by atoms with E-state index in [0.717, 1.165) is 39.9 Å². The highest BCUT2D eigenvalue weighted by atomic mass is 15.0. The van der Waals surface area contributed by atoms with E-state index in [0.29, 0.717) is 0 Å². The van der Waals surface area contributed by atoms with Crippen molar-refractivity contribution in [2.45, 2.75) is 6.42 Å². The van der Waals surface area contributed by atoms with Crippen molar-refractivity contribution in [3.05, 3.63) is 169 Å². The van der Waals surface area contributed by atoms with E-state index < -0.39 is 0 Å². The van der Waals surface area contributed by atoms with Crippen LogP contribution in [-0.2, 0) is 6.42 Å². The first kappa shape index (κ1) is 25.5. The molecule has 0 atom stereocenters. The lowest BCUT2D eigenvalue weighted by Gasteiger charge is -2.10. The maximum absolute atomic E-state index is 4.67. The number of benzene rings is 5. The summed E-state index contributed by atoms with van der Waals surface area (Å²) in [6, 6.07) is 52.0. The third kappa shape index (κ3) is 4.22. The fourth-order valence-electron chi connectivity index (χ4n) is 6.74. The van der Waals surface area contributed by atoms with Crippen LogP contribution in [0.3, 0.4) is 0 Å². The third-order valence-corrected chi connectivity index (χ3v) is 8.87. The van der Waals surface area contributed by atoms with Crippen molar-refractivity contribution in [2.24, 2.45) is 0 Å². The molecule has 4 nitrogen and oxygen atoms in total. The molecule has 0 saturated carbocycles. The Bertz CT molecular complexity index is 2380. The highest BCUT2D eigenvalue weighted by Crippen LogP contribution is 2.33. The van der Waals surface area contributed by atoms with Crippen LogP contribution in [0.4, 0.5) is 0 Å². The predicted octanol–water partition coefficient (Wildman–Crippen LogP) is 9.93. The smallest absolute Gasteiger partial charge is 0.0963 e. The Hall–Kier alpha value is -6.00. The summed E-state index contributed by atoms with van der Waals surface area (Å²) in [5, 5.41) is 2.35. The first-order valence-electron chi connectivity index (χ1n) is 15.3. The number of rotatable bonds is 5. The highest BCUT2D eigenvalue weighted by Gasteiger charge is 2.14. The lowest BCUT2D eigenvalue weighted by molar-refractivity contribution is 1.15. The van der Waals surface area contributed by atoms with E-state index in [-0.39, 0.29) is 0 Å². The van der Waals surface area contributed by atoms with Gasteiger partial charge in [-0.2, -0.15) is 0 Å². The summed E-state index contributed by atoms with van der Waals surface area (Å²) >= 11 is 0. The minimum atomic E-state index is 0.885. The van der Waals surface area contributed by atoms with Gasteiger partial charge in [-0.15, -0.1) is 0 Å². The van der Waals surface area contributed by atoms with E-state index in [2.05, 4.69) is 153 Å². The highest BCUT2D eigenvalue weighted by molar-refractivity contribution is 6.07. The lowest BCUT2D eigenvalue weighted by atomic mass is 10.00. The summed E-state index contributed by atoms with van der Waals surface area (Å²) in [4.78, 5) is 9.34. The Labute approximate surface area is 260 Å². The van der Waals surface area contributed by atoms with E-state index in [1.807, 2.05) is 24.5 Å². The summed E-state index contributed by atoms with van der Waals surface area (Å²) in [7, 11) is 0. The molecule has 0 aliphatic rings. The molecular weight excluding hydrogens is 548 g/mol. The summed E-state index contributed by atoms with van der Waals surface area (Å²) in [5.74, 6) is 0. The molecule has 0 radical (unpaired) electrons. The molecule has 4 heterocycles. The Morgan fingerprint density at radius 1 is 0.378 bits per heavy atom. The van der Waals surface area contributed by atoms with Gasteiger partial charge >= 0.3 is 0 Å². The van der Waals surface area contributed by atoms with Crippen molar-refractivity contribution >= 4 is 43.9 Å². The zero-order valence-corrected chi connectivity index (χ0v) is 24.5. The molecule has 5 aromatic carbocycles. The third-order valence-electron chi connectivity index (χ3n) is 8.87. The van der Waals surface area contributed by atoms with Crippen molar-refractivity contribution in [3.8, 4) is 22.5 Å². The van der Waals surface area contributed by atoms with Crippen LogP contribution in [0, 0.1) is 0 Å². The summed E-state index contributed by atoms with van der Waals surface area (Å²) in [6.45, 7) is 0. The van der Waals surface area contributed by atoms with Crippen LogP contribution in [-0.4, -0.2) is 19.1 Å². The van der Waals surface area contributed by atoms with Crippen LogP contribution in [0.1, 0.15) is 11.1 Å². The quantitative estimate of drug-likeness (QED) is 0.204. The predicted molar refractivity (Wildman–Crippen MR) is 185 cm³/mol. The topological polar surface area (TPSA) is 35.6 Å². The fourth-order valence-corrected chi connectivity index (χ4v) is 6.74. The number of pyridine rings is 2. The van der Waals surface area contributed by atoms with E-state index in [1.54, 1.807) is 0 Å².